The van der Waals surface area contributed by atoms with Crippen LogP contribution < -0.4 is 10.6 Å². The first-order valence-corrected chi connectivity index (χ1v) is 7.46. The lowest BCUT2D eigenvalue weighted by molar-refractivity contribution is 0.0323. The van der Waals surface area contributed by atoms with E-state index in [0.717, 1.165) is 25.9 Å². The normalized spacial score (nSPS) is 14.9. The lowest BCUT2D eigenvalue weighted by atomic mass is 9.97. The summed E-state index contributed by atoms with van der Waals surface area (Å²) in [4.78, 5) is 0. The maximum atomic E-state index is 10.3. The largest absolute Gasteiger partial charge is 0.389 e. The third-order valence-corrected chi connectivity index (χ3v) is 4.25. The highest BCUT2D eigenvalue weighted by molar-refractivity contribution is 5.59. The molecule has 0 atom stereocenters. The van der Waals surface area contributed by atoms with Crippen LogP contribution in [0.1, 0.15) is 44.2 Å². The fraction of sp³-hybridized carbons (Fsp3) is 0.625. The zero-order valence-corrected chi connectivity index (χ0v) is 12.1. The lowest BCUT2D eigenvalue weighted by Gasteiger charge is -2.26. The summed E-state index contributed by atoms with van der Waals surface area (Å²) < 4.78 is 0. The van der Waals surface area contributed by atoms with Gasteiger partial charge in [-0.1, -0.05) is 32.0 Å². The highest BCUT2D eigenvalue weighted by Crippen LogP contribution is 2.26. The molecule has 0 unspecified atom stereocenters. The molecule has 1 aliphatic heterocycles. The van der Waals surface area contributed by atoms with Gasteiger partial charge in [0.1, 0.15) is 0 Å². The number of aryl methyl sites for hydroxylation is 1. The number of fused-ring (bicyclic) bond motifs is 1. The van der Waals surface area contributed by atoms with Crippen molar-refractivity contribution in [3.8, 4) is 0 Å². The maximum Gasteiger partial charge on any atom is 0.0766 e. The molecule has 3 N–H and O–H groups in total. The average molecular weight is 262 g/mol. The Labute approximate surface area is 116 Å². The van der Waals surface area contributed by atoms with Gasteiger partial charge in [0.15, 0.2) is 0 Å². The number of hydrogen-bond donors (Lipinski definition) is 3. The highest BCUT2D eigenvalue weighted by Gasteiger charge is 2.21. The van der Waals surface area contributed by atoms with Crippen LogP contribution in [-0.2, 0) is 13.0 Å². The molecule has 0 aliphatic carbocycles. The molecular formula is C16H26N2O. The standard InChI is InChI=1S/C16H26N2O/c1-3-16(19,4-2)12-17-11-14-8-5-7-13-9-6-10-18-15(13)14/h5,7-8,17-19H,3-4,6,9-12H2,1-2H3. The van der Waals surface area contributed by atoms with E-state index in [-0.39, 0.29) is 0 Å². The summed E-state index contributed by atoms with van der Waals surface area (Å²) in [5.74, 6) is 0. The number of hydrogen-bond acceptors (Lipinski definition) is 3. The first-order chi connectivity index (χ1) is 9.18. The molecule has 0 radical (unpaired) electrons. The van der Waals surface area contributed by atoms with Gasteiger partial charge in [-0.15, -0.1) is 0 Å². The van der Waals surface area contributed by atoms with Crippen molar-refractivity contribution < 1.29 is 5.11 Å². The molecular weight excluding hydrogens is 236 g/mol. The summed E-state index contributed by atoms with van der Waals surface area (Å²) in [6.07, 6.45) is 3.97. The Morgan fingerprint density at radius 1 is 1.32 bits per heavy atom. The van der Waals surface area contributed by atoms with E-state index in [4.69, 9.17) is 0 Å². The molecule has 106 valence electrons. The van der Waals surface area contributed by atoms with E-state index < -0.39 is 5.60 Å². The van der Waals surface area contributed by atoms with E-state index in [9.17, 15) is 5.11 Å². The molecule has 0 saturated heterocycles. The van der Waals surface area contributed by atoms with Crippen LogP contribution in [-0.4, -0.2) is 23.8 Å². The number of nitrogens with one attached hydrogen (secondary N) is 2. The van der Waals surface area contributed by atoms with Crippen molar-refractivity contribution >= 4 is 5.69 Å². The first kappa shape index (κ1) is 14.4. The molecule has 1 aliphatic rings. The predicted molar refractivity (Wildman–Crippen MR) is 80.5 cm³/mol. The van der Waals surface area contributed by atoms with Gasteiger partial charge >= 0.3 is 0 Å². The second-order valence-electron chi connectivity index (χ2n) is 5.52. The van der Waals surface area contributed by atoms with Crippen molar-refractivity contribution in [2.75, 3.05) is 18.4 Å². The Hall–Kier alpha value is -1.06. The minimum atomic E-state index is -0.567. The molecule has 1 heterocycles. The van der Waals surface area contributed by atoms with Crippen molar-refractivity contribution in [3.05, 3.63) is 29.3 Å². The van der Waals surface area contributed by atoms with E-state index in [1.807, 2.05) is 13.8 Å². The van der Waals surface area contributed by atoms with Gasteiger partial charge in [0.2, 0.25) is 0 Å². The minimum Gasteiger partial charge on any atom is -0.389 e. The van der Waals surface area contributed by atoms with Crippen molar-refractivity contribution in [1.82, 2.24) is 5.32 Å². The van der Waals surface area contributed by atoms with Gasteiger partial charge in [0.25, 0.3) is 0 Å². The summed E-state index contributed by atoms with van der Waals surface area (Å²) in [6, 6.07) is 6.51. The Kier molecular flexibility index (Phi) is 4.83. The van der Waals surface area contributed by atoms with Gasteiger partial charge < -0.3 is 15.7 Å². The third-order valence-electron chi connectivity index (χ3n) is 4.25. The van der Waals surface area contributed by atoms with Crippen LogP contribution in [0.4, 0.5) is 5.69 Å². The summed E-state index contributed by atoms with van der Waals surface area (Å²) in [7, 11) is 0. The van der Waals surface area contributed by atoms with Crippen LogP contribution in [0.15, 0.2) is 18.2 Å². The number of para-hydroxylation sites is 1. The Morgan fingerprint density at radius 3 is 2.84 bits per heavy atom. The Morgan fingerprint density at radius 2 is 2.11 bits per heavy atom. The van der Waals surface area contributed by atoms with Gasteiger partial charge in [-0.2, -0.15) is 0 Å². The zero-order valence-electron chi connectivity index (χ0n) is 12.1. The average Bonchev–Trinajstić information content (AvgIpc) is 2.47. The van der Waals surface area contributed by atoms with E-state index in [2.05, 4.69) is 28.8 Å². The molecule has 0 bridgehead atoms. The number of benzene rings is 1. The molecule has 1 aromatic rings. The SMILES string of the molecule is CCC(O)(CC)CNCc1cccc2c1NCCC2. The van der Waals surface area contributed by atoms with E-state index in [1.165, 1.54) is 29.7 Å². The molecule has 3 nitrogen and oxygen atoms in total. The fourth-order valence-corrected chi connectivity index (χ4v) is 2.66. The summed E-state index contributed by atoms with van der Waals surface area (Å²) in [5.41, 5.74) is 3.47. The Balaban J connectivity index is 1.97. The van der Waals surface area contributed by atoms with Crippen molar-refractivity contribution in [2.24, 2.45) is 0 Å². The molecule has 19 heavy (non-hydrogen) atoms. The summed E-state index contributed by atoms with van der Waals surface area (Å²) in [6.45, 7) is 6.62. The quantitative estimate of drug-likeness (QED) is 0.738. The van der Waals surface area contributed by atoms with Crippen LogP contribution >= 0.6 is 0 Å². The van der Waals surface area contributed by atoms with Gasteiger partial charge in [-0.05, 0) is 36.8 Å². The van der Waals surface area contributed by atoms with Crippen molar-refractivity contribution in [2.45, 2.75) is 51.7 Å². The third kappa shape index (κ3) is 3.48. The molecule has 0 saturated carbocycles. The molecule has 2 rings (SSSR count). The molecule has 0 amide bonds. The van der Waals surface area contributed by atoms with Crippen LogP contribution in [0.2, 0.25) is 0 Å². The van der Waals surface area contributed by atoms with Crippen LogP contribution in [0, 0.1) is 0 Å². The van der Waals surface area contributed by atoms with Crippen LogP contribution in [0.25, 0.3) is 0 Å². The molecule has 1 aromatic carbocycles. The summed E-state index contributed by atoms with van der Waals surface area (Å²) in [5, 5.41) is 17.2. The molecule has 3 heteroatoms. The van der Waals surface area contributed by atoms with Crippen molar-refractivity contribution in [3.63, 3.8) is 0 Å². The zero-order chi connectivity index (χ0) is 13.7. The Bertz CT molecular complexity index is 413. The molecule has 0 aromatic heterocycles. The van der Waals surface area contributed by atoms with Crippen molar-refractivity contribution in [1.29, 1.82) is 0 Å². The lowest BCUT2D eigenvalue weighted by Crippen LogP contribution is -2.39. The summed E-state index contributed by atoms with van der Waals surface area (Å²) >= 11 is 0. The van der Waals surface area contributed by atoms with E-state index in [0.29, 0.717) is 6.54 Å². The van der Waals surface area contributed by atoms with Gasteiger partial charge in [-0.25, -0.2) is 0 Å². The van der Waals surface area contributed by atoms with Crippen LogP contribution in [0.3, 0.4) is 0 Å². The van der Waals surface area contributed by atoms with Gasteiger partial charge in [0, 0.05) is 25.3 Å². The first-order valence-electron chi connectivity index (χ1n) is 7.46. The molecule has 0 spiro atoms. The smallest absolute Gasteiger partial charge is 0.0766 e. The second-order valence-corrected chi connectivity index (χ2v) is 5.52. The maximum absolute atomic E-state index is 10.3. The second kappa shape index (κ2) is 6.40. The highest BCUT2D eigenvalue weighted by atomic mass is 16.3. The predicted octanol–water partition coefficient (Wildman–Crippen LogP) is 2.69. The number of rotatable bonds is 6. The topological polar surface area (TPSA) is 44.3 Å². The van der Waals surface area contributed by atoms with E-state index in [1.54, 1.807) is 0 Å². The monoisotopic (exact) mass is 262 g/mol. The van der Waals surface area contributed by atoms with Gasteiger partial charge in [0.05, 0.1) is 5.60 Å². The molecule has 0 fully saturated rings. The fourth-order valence-electron chi connectivity index (χ4n) is 2.66. The number of aliphatic hydroxyl groups is 1. The number of anilines is 1. The van der Waals surface area contributed by atoms with E-state index >= 15 is 0 Å². The van der Waals surface area contributed by atoms with Gasteiger partial charge in [-0.3, -0.25) is 0 Å². The van der Waals surface area contributed by atoms with Crippen LogP contribution in [0.5, 0.6) is 0 Å². The minimum absolute atomic E-state index is 0.567.